The van der Waals surface area contributed by atoms with E-state index in [1.807, 2.05) is 24.3 Å². The van der Waals surface area contributed by atoms with E-state index in [1.165, 1.54) is 0 Å². The van der Waals surface area contributed by atoms with Gasteiger partial charge in [-0.25, -0.2) is 0 Å². The summed E-state index contributed by atoms with van der Waals surface area (Å²) >= 11 is 3.44. The van der Waals surface area contributed by atoms with Crippen LogP contribution < -0.4 is 10.6 Å². The molecule has 0 radical (unpaired) electrons. The van der Waals surface area contributed by atoms with Crippen LogP contribution >= 0.6 is 15.9 Å². The van der Waals surface area contributed by atoms with Crippen molar-refractivity contribution < 1.29 is 9.53 Å². The lowest BCUT2D eigenvalue weighted by Crippen LogP contribution is -2.34. The number of benzene rings is 1. The van der Waals surface area contributed by atoms with E-state index in [0.717, 1.165) is 10.0 Å². The fraction of sp³-hybridized carbons (Fsp3) is 0.417. The zero-order valence-electron chi connectivity index (χ0n) is 9.83. The summed E-state index contributed by atoms with van der Waals surface area (Å²) in [5, 5.41) is 5.83. The van der Waals surface area contributed by atoms with Gasteiger partial charge >= 0.3 is 0 Å². The van der Waals surface area contributed by atoms with Crippen molar-refractivity contribution in [1.82, 2.24) is 10.6 Å². The van der Waals surface area contributed by atoms with Crippen molar-refractivity contribution in [3.63, 3.8) is 0 Å². The van der Waals surface area contributed by atoms with Crippen molar-refractivity contribution in [2.75, 3.05) is 26.8 Å². The molecule has 1 aromatic rings. The van der Waals surface area contributed by atoms with Crippen LogP contribution in [0.5, 0.6) is 0 Å². The molecule has 4 nitrogen and oxygen atoms in total. The van der Waals surface area contributed by atoms with E-state index in [9.17, 15) is 4.79 Å². The second-order valence-electron chi connectivity index (χ2n) is 3.54. The third-order valence-electron chi connectivity index (χ3n) is 2.20. The average Bonchev–Trinajstić information content (AvgIpc) is 2.34. The predicted octanol–water partition coefficient (Wildman–Crippen LogP) is 1.30. The lowest BCUT2D eigenvalue weighted by molar-refractivity contribution is -0.120. The monoisotopic (exact) mass is 300 g/mol. The molecule has 0 aromatic heterocycles. The summed E-state index contributed by atoms with van der Waals surface area (Å²) in [7, 11) is 1.63. The Morgan fingerprint density at radius 2 is 2.18 bits per heavy atom. The van der Waals surface area contributed by atoms with E-state index in [-0.39, 0.29) is 5.91 Å². The van der Waals surface area contributed by atoms with E-state index in [0.29, 0.717) is 26.2 Å². The Hall–Kier alpha value is -0.910. The van der Waals surface area contributed by atoms with Gasteiger partial charge < -0.3 is 15.4 Å². The Morgan fingerprint density at radius 3 is 2.88 bits per heavy atom. The highest BCUT2D eigenvalue weighted by atomic mass is 79.9. The quantitative estimate of drug-likeness (QED) is 0.747. The van der Waals surface area contributed by atoms with Crippen molar-refractivity contribution in [1.29, 1.82) is 0 Å². The average molecular weight is 301 g/mol. The van der Waals surface area contributed by atoms with Crippen molar-refractivity contribution in [3.05, 3.63) is 34.3 Å². The Kier molecular flexibility index (Phi) is 6.84. The molecule has 0 atom stereocenters. The minimum Gasteiger partial charge on any atom is -0.383 e. The van der Waals surface area contributed by atoms with Gasteiger partial charge in [-0.3, -0.25) is 4.79 Å². The molecular formula is C12H17BrN2O2. The molecule has 1 amide bonds. The summed E-state index contributed by atoms with van der Waals surface area (Å²) in [5.41, 5.74) is 1.07. The molecule has 2 N–H and O–H groups in total. The molecule has 0 heterocycles. The summed E-state index contributed by atoms with van der Waals surface area (Å²) in [6, 6.07) is 7.83. The molecule has 94 valence electrons. The number of carbonyl (C=O) groups is 1. The third kappa shape index (κ3) is 5.81. The van der Waals surface area contributed by atoms with Gasteiger partial charge in [0.15, 0.2) is 0 Å². The molecule has 5 heteroatoms. The van der Waals surface area contributed by atoms with Crippen LogP contribution in [0.15, 0.2) is 28.7 Å². The van der Waals surface area contributed by atoms with Crippen LogP contribution in [0.2, 0.25) is 0 Å². The molecule has 0 aliphatic rings. The molecule has 0 bridgehead atoms. The molecule has 17 heavy (non-hydrogen) atoms. The first-order chi connectivity index (χ1) is 8.24. The second kappa shape index (κ2) is 8.22. The van der Waals surface area contributed by atoms with Gasteiger partial charge in [-0.05, 0) is 11.6 Å². The molecule has 0 aliphatic carbocycles. The topological polar surface area (TPSA) is 50.4 Å². The van der Waals surface area contributed by atoms with Gasteiger partial charge in [0.2, 0.25) is 5.91 Å². The predicted molar refractivity (Wildman–Crippen MR) is 70.7 cm³/mol. The Bertz CT molecular complexity index is 358. The SMILES string of the molecule is COCCNCC(=O)NCc1ccccc1Br. The van der Waals surface area contributed by atoms with Crippen molar-refractivity contribution in [3.8, 4) is 0 Å². The van der Waals surface area contributed by atoms with Gasteiger partial charge in [0.25, 0.3) is 0 Å². The standard InChI is InChI=1S/C12H17BrN2O2/c1-17-7-6-14-9-12(16)15-8-10-4-2-3-5-11(10)13/h2-5,14H,6-9H2,1H3,(H,15,16). The maximum Gasteiger partial charge on any atom is 0.234 e. The number of rotatable bonds is 7. The first-order valence-corrected chi connectivity index (χ1v) is 6.23. The minimum atomic E-state index is -0.0168. The Labute approximate surface area is 110 Å². The van der Waals surface area contributed by atoms with E-state index in [1.54, 1.807) is 7.11 Å². The highest BCUT2D eigenvalue weighted by Crippen LogP contribution is 2.14. The number of nitrogens with one attached hydrogen (secondary N) is 2. The largest absolute Gasteiger partial charge is 0.383 e. The molecule has 0 saturated carbocycles. The summed E-state index contributed by atoms with van der Waals surface area (Å²) in [5.74, 6) is -0.0168. The molecule has 1 aromatic carbocycles. The fourth-order valence-electron chi connectivity index (χ4n) is 1.27. The number of ether oxygens (including phenoxy) is 1. The van der Waals surface area contributed by atoms with Crippen LogP contribution in [0.25, 0.3) is 0 Å². The van der Waals surface area contributed by atoms with Crippen LogP contribution in [0.1, 0.15) is 5.56 Å². The molecule has 0 spiro atoms. The zero-order chi connectivity index (χ0) is 12.5. The highest BCUT2D eigenvalue weighted by molar-refractivity contribution is 9.10. The lowest BCUT2D eigenvalue weighted by atomic mass is 10.2. The lowest BCUT2D eigenvalue weighted by Gasteiger charge is -2.07. The third-order valence-corrected chi connectivity index (χ3v) is 2.98. The van der Waals surface area contributed by atoms with Gasteiger partial charge in [-0.15, -0.1) is 0 Å². The Balaban J connectivity index is 2.22. The van der Waals surface area contributed by atoms with Gasteiger partial charge in [0.05, 0.1) is 13.2 Å². The van der Waals surface area contributed by atoms with E-state index < -0.39 is 0 Å². The van der Waals surface area contributed by atoms with Crippen molar-refractivity contribution >= 4 is 21.8 Å². The van der Waals surface area contributed by atoms with Gasteiger partial charge in [-0.2, -0.15) is 0 Å². The molecule has 0 unspecified atom stereocenters. The first kappa shape index (κ1) is 14.2. The summed E-state index contributed by atoms with van der Waals surface area (Å²) in [4.78, 5) is 11.5. The zero-order valence-corrected chi connectivity index (χ0v) is 11.4. The summed E-state index contributed by atoms with van der Waals surface area (Å²) in [6.07, 6.45) is 0. The summed E-state index contributed by atoms with van der Waals surface area (Å²) < 4.78 is 5.88. The molecule has 0 saturated heterocycles. The number of methoxy groups -OCH3 is 1. The van der Waals surface area contributed by atoms with Crippen molar-refractivity contribution in [2.24, 2.45) is 0 Å². The van der Waals surface area contributed by atoms with Gasteiger partial charge in [-0.1, -0.05) is 34.1 Å². The fourth-order valence-corrected chi connectivity index (χ4v) is 1.70. The smallest absolute Gasteiger partial charge is 0.234 e. The molecular weight excluding hydrogens is 284 g/mol. The van der Waals surface area contributed by atoms with Crippen LogP contribution in [0.4, 0.5) is 0 Å². The number of amides is 1. The number of carbonyl (C=O) groups excluding carboxylic acids is 1. The van der Waals surface area contributed by atoms with E-state index in [4.69, 9.17) is 4.74 Å². The van der Waals surface area contributed by atoms with Crippen LogP contribution in [0.3, 0.4) is 0 Å². The van der Waals surface area contributed by atoms with Gasteiger partial charge in [0.1, 0.15) is 0 Å². The number of halogens is 1. The molecule has 0 aliphatic heterocycles. The highest BCUT2D eigenvalue weighted by Gasteiger charge is 2.02. The van der Waals surface area contributed by atoms with Gasteiger partial charge in [0, 0.05) is 24.7 Å². The minimum absolute atomic E-state index is 0.0168. The van der Waals surface area contributed by atoms with Crippen LogP contribution in [-0.2, 0) is 16.1 Å². The normalized spacial score (nSPS) is 10.2. The number of hydrogen-bond acceptors (Lipinski definition) is 3. The summed E-state index contributed by atoms with van der Waals surface area (Å²) in [6.45, 7) is 2.14. The number of hydrogen-bond donors (Lipinski definition) is 2. The molecule has 0 fully saturated rings. The molecule has 1 rings (SSSR count). The first-order valence-electron chi connectivity index (χ1n) is 5.44. The maximum atomic E-state index is 11.5. The maximum absolute atomic E-state index is 11.5. The second-order valence-corrected chi connectivity index (χ2v) is 4.39. The van der Waals surface area contributed by atoms with Crippen LogP contribution in [0, 0.1) is 0 Å². The van der Waals surface area contributed by atoms with E-state index >= 15 is 0 Å². The Morgan fingerprint density at radius 1 is 1.41 bits per heavy atom. The van der Waals surface area contributed by atoms with Crippen LogP contribution in [-0.4, -0.2) is 32.7 Å². The van der Waals surface area contributed by atoms with E-state index in [2.05, 4.69) is 26.6 Å². The van der Waals surface area contributed by atoms with Crippen molar-refractivity contribution in [2.45, 2.75) is 6.54 Å².